The van der Waals surface area contributed by atoms with Crippen molar-refractivity contribution in [2.75, 3.05) is 17.7 Å². The second-order valence-electron chi connectivity index (χ2n) is 5.48. The van der Waals surface area contributed by atoms with E-state index in [4.69, 9.17) is 9.15 Å². The molecule has 0 aliphatic heterocycles. The lowest BCUT2D eigenvalue weighted by Crippen LogP contribution is -2.15. The Balaban J connectivity index is 1.61. The molecular weight excluding hydrogens is 400 g/mol. The van der Waals surface area contributed by atoms with Gasteiger partial charge in [-0.15, -0.1) is 21.5 Å². The molecule has 0 aliphatic rings. The molecule has 3 aromatic rings. The van der Waals surface area contributed by atoms with Crippen molar-refractivity contribution in [2.45, 2.75) is 25.5 Å². The van der Waals surface area contributed by atoms with Crippen molar-refractivity contribution < 1.29 is 18.7 Å². The summed E-state index contributed by atoms with van der Waals surface area (Å²) in [5.41, 5.74) is 1.13. The fraction of sp³-hybridized carbons (Fsp3) is 0.278. The molecule has 0 atom stereocenters. The van der Waals surface area contributed by atoms with Gasteiger partial charge in [-0.2, -0.15) is 0 Å². The molecule has 0 unspecified atom stereocenters. The van der Waals surface area contributed by atoms with Crippen LogP contribution in [0.3, 0.4) is 0 Å². The number of nitrogens with one attached hydrogen (secondary N) is 1. The second-order valence-corrected chi connectivity index (χ2v) is 7.54. The van der Waals surface area contributed by atoms with Crippen molar-refractivity contribution in [3.63, 3.8) is 0 Å². The zero-order valence-electron chi connectivity index (χ0n) is 15.3. The molecule has 0 radical (unpaired) electrons. The monoisotopic (exact) mass is 418 g/mol. The Labute approximate surface area is 169 Å². The molecule has 28 heavy (non-hydrogen) atoms. The van der Waals surface area contributed by atoms with Gasteiger partial charge in [0.2, 0.25) is 11.8 Å². The molecule has 0 bridgehead atoms. The highest BCUT2D eigenvalue weighted by Gasteiger charge is 2.19. The van der Waals surface area contributed by atoms with Crippen molar-refractivity contribution >= 4 is 40.0 Å². The van der Waals surface area contributed by atoms with E-state index >= 15 is 0 Å². The number of rotatable bonds is 8. The minimum Gasteiger partial charge on any atom is -0.462 e. The van der Waals surface area contributed by atoms with E-state index in [9.17, 15) is 9.59 Å². The zero-order chi connectivity index (χ0) is 19.9. The summed E-state index contributed by atoms with van der Waals surface area (Å²) in [6, 6.07) is 5.27. The third kappa shape index (κ3) is 4.96. The van der Waals surface area contributed by atoms with Crippen molar-refractivity contribution in [3.8, 4) is 11.5 Å². The van der Waals surface area contributed by atoms with Crippen LogP contribution in [0.15, 0.2) is 40.2 Å². The maximum atomic E-state index is 12.3. The van der Waals surface area contributed by atoms with Crippen LogP contribution in [-0.2, 0) is 16.0 Å². The Kier molecular flexibility index (Phi) is 6.77. The van der Waals surface area contributed by atoms with Gasteiger partial charge in [-0.1, -0.05) is 18.7 Å². The molecule has 0 fully saturated rings. The number of pyridine rings is 1. The van der Waals surface area contributed by atoms with E-state index in [0.717, 1.165) is 28.6 Å². The fourth-order valence-corrected chi connectivity index (χ4v) is 3.80. The summed E-state index contributed by atoms with van der Waals surface area (Å²) in [6.45, 7) is 4.00. The number of anilines is 1. The molecule has 146 valence electrons. The van der Waals surface area contributed by atoms with Gasteiger partial charge >= 0.3 is 5.97 Å². The molecular formula is C18H18N4O4S2. The average Bonchev–Trinajstić information content (AvgIpc) is 3.34. The van der Waals surface area contributed by atoms with E-state index in [-0.39, 0.29) is 23.5 Å². The van der Waals surface area contributed by atoms with Gasteiger partial charge in [-0.05, 0) is 31.5 Å². The Bertz CT molecular complexity index is 956. The van der Waals surface area contributed by atoms with Crippen LogP contribution < -0.4 is 5.32 Å². The maximum Gasteiger partial charge on any atom is 0.341 e. The number of hydrogen-bond donors (Lipinski definition) is 1. The molecule has 3 heterocycles. The zero-order valence-corrected chi connectivity index (χ0v) is 16.9. The van der Waals surface area contributed by atoms with Crippen LogP contribution in [0.5, 0.6) is 0 Å². The minimum absolute atomic E-state index is 0.0690. The Morgan fingerprint density at radius 3 is 2.75 bits per heavy atom. The lowest BCUT2D eigenvalue weighted by Gasteiger charge is -2.05. The average molecular weight is 419 g/mol. The maximum absolute atomic E-state index is 12.3. The molecule has 3 aromatic heterocycles. The molecule has 1 N–H and O–H groups in total. The van der Waals surface area contributed by atoms with E-state index in [0.29, 0.717) is 16.5 Å². The van der Waals surface area contributed by atoms with Crippen molar-refractivity contribution in [1.82, 2.24) is 15.2 Å². The highest BCUT2D eigenvalue weighted by molar-refractivity contribution is 7.99. The number of thioether (sulfide) groups is 1. The normalized spacial score (nSPS) is 10.6. The van der Waals surface area contributed by atoms with Gasteiger partial charge in [0.1, 0.15) is 5.00 Å². The summed E-state index contributed by atoms with van der Waals surface area (Å²) in [5, 5.41) is 11.4. The molecule has 0 saturated heterocycles. The number of nitrogens with zero attached hydrogens (tertiary/aromatic N) is 3. The van der Waals surface area contributed by atoms with Crippen LogP contribution in [0.1, 0.15) is 29.1 Å². The van der Waals surface area contributed by atoms with E-state index in [1.54, 1.807) is 37.5 Å². The highest BCUT2D eigenvalue weighted by Crippen LogP contribution is 2.30. The number of hydrogen-bond acceptors (Lipinski definition) is 9. The van der Waals surface area contributed by atoms with Gasteiger partial charge in [-0.25, -0.2) is 4.79 Å². The van der Waals surface area contributed by atoms with Gasteiger partial charge in [0.25, 0.3) is 5.22 Å². The van der Waals surface area contributed by atoms with E-state index in [1.165, 1.54) is 11.3 Å². The number of amides is 1. The number of aromatic nitrogens is 3. The Morgan fingerprint density at radius 2 is 2.04 bits per heavy atom. The smallest absolute Gasteiger partial charge is 0.341 e. The van der Waals surface area contributed by atoms with Gasteiger partial charge < -0.3 is 14.5 Å². The van der Waals surface area contributed by atoms with Gasteiger partial charge in [-0.3, -0.25) is 9.78 Å². The molecule has 0 spiro atoms. The highest BCUT2D eigenvalue weighted by atomic mass is 32.2. The van der Waals surface area contributed by atoms with Crippen molar-refractivity contribution in [3.05, 3.63) is 41.0 Å². The van der Waals surface area contributed by atoms with Crippen LogP contribution in [0.2, 0.25) is 0 Å². The SMILES string of the molecule is CCOC(=O)c1cc(CC)sc1NC(=O)CSc1nnc(-c2ccncc2)o1. The number of carbonyl (C=O) groups is 2. The first-order valence-electron chi connectivity index (χ1n) is 8.57. The molecule has 0 saturated carbocycles. The van der Waals surface area contributed by atoms with Gasteiger partial charge in [0.15, 0.2) is 0 Å². The molecule has 10 heteroatoms. The Morgan fingerprint density at radius 1 is 1.25 bits per heavy atom. The van der Waals surface area contributed by atoms with E-state index in [2.05, 4.69) is 20.5 Å². The number of aryl methyl sites for hydroxylation is 1. The number of esters is 1. The second kappa shape index (κ2) is 9.47. The van der Waals surface area contributed by atoms with Crippen LogP contribution >= 0.6 is 23.1 Å². The molecule has 0 aromatic carbocycles. The quantitative estimate of drug-likeness (QED) is 0.436. The number of thiophene rings is 1. The molecule has 3 rings (SSSR count). The van der Waals surface area contributed by atoms with Gasteiger partial charge in [0, 0.05) is 22.8 Å². The largest absolute Gasteiger partial charge is 0.462 e. The van der Waals surface area contributed by atoms with Gasteiger partial charge in [0.05, 0.1) is 17.9 Å². The fourth-order valence-electron chi connectivity index (χ4n) is 2.24. The topological polar surface area (TPSA) is 107 Å². The third-order valence-corrected chi connectivity index (χ3v) is 5.55. The summed E-state index contributed by atoms with van der Waals surface area (Å²) < 4.78 is 10.6. The van der Waals surface area contributed by atoms with Crippen molar-refractivity contribution in [2.24, 2.45) is 0 Å². The predicted molar refractivity (Wildman–Crippen MR) is 107 cm³/mol. The lowest BCUT2D eigenvalue weighted by molar-refractivity contribution is -0.113. The standard InChI is InChI=1S/C18H18N4O4S2/c1-3-12-9-13(17(24)25-4-2)16(28-12)20-14(23)10-27-18-22-21-15(26-18)11-5-7-19-8-6-11/h5-9H,3-4,10H2,1-2H3,(H,20,23). The summed E-state index contributed by atoms with van der Waals surface area (Å²) in [5.74, 6) is -0.288. The van der Waals surface area contributed by atoms with Crippen LogP contribution in [0.4, 0.5) is 5.00 Å². The molecule has 1 amide bonds. The summed E-state index contributed by atoms with van der Waals surface area (Å²) >= 11 is 2.49. The van der Waals surface area contributed by atoms with Crippen LogP contribution in [-0.4, -0.2) is 39.4 Å². The van der Waals surface area contributed by atoms with E-state index in [1.807, 2.05) is 6.92 Å². The summed E-state index contributed by atoms with van der Waals surface area (Å²) in [4.78, 5) is 29.3. The summed E-state index contributed by atoms with van der Waals surface area (Å²) in [7, 11) is 0. The number of ether oxygens (including phenoxy) is 1. The molecule has 0 aliphatic carbocycles. The summed E-state index contributed by atoms with van der Waals surface area (Å²) in [6.07, 6.45) is 4.03. The van der Waals surface area contributed by atoms with Crippen LogP contribution in [0, 0.1) is 0 Å². The first-order valence-corrected chi connectivity index (χ1v) is 10.4. The van der Waals surface area contributed by atoms with Crippen molar-refractivity contribution in [1.29, 1.82) is 0 Å². The Hall–Kier alpha value is -2.72. The molecule has 8 nitrogen and oxygen atoms in total. The van der Waals surface area contributed by atoms with E-state index < -0.39 is 5.97 Å². The first-order chi connectivity index (χ1) is 13.6. The first kappa shape index (κ1) is 20.0. The number of carbonyl (C=O) groups excluding carboxylic acids is 2. The predicted octanol–water partition coefficient (Wildman–Crippen LogP) is 3.66. The van der Waals surface area contributed by atoms with Crippen LogP contribution in [0.25, 0.3) is 11.5 Å². The third-order valence-electron chi connectivity index (χ3n) is 3.54. The lowest BCUT2D eigenvalue weighted by atomic mass is 10.2. The minimum atomic E-state index is -0.444.